The molecule has 0 saturated heterocycles. The van der Waals surface area contributed by atoms with E-state index in [1.165, 1.54) is 6.07 Å². The highest BCUT2D eigenvalue weighted by atomic mass is 19.2. The van der Waals surface area contributed by atoms with E-state index in [1.807, 2.05) is 0 Å². The maximum absolute atomic E-state index is 13.3. The first-order chi connectivity index (χ1) is 8.58. The highest BCUT2D eigenvalue weighted by Gasteiger charge is 2.14. The predicted octanol–water partition coefficient (Wildman–Crippen LogP) is 3.27. The van der Waals surface area contributed by atoms with Crippen molar-refractivity contribution in [1.82, 2.24) is 0 Å². The molecule has 0 fully saturated rings. The van der Waals surface area contributed by atoms with Gasteiger partial charge in [-0.2, -0.15) is 0 Å². The van der Waals surface area contributed by atoms with Gasteiger partial charge in [-0.3, -0.25) is 0 Å². The van der Waals surface area contributed by atoms with E-state index in [2.05, 4.69) is 0 Å². The standard InChI is InChI=1S/C13H10F3NO/c14-11-4-5-12(15)13(16)10(11)7-18-9-3-1-2-8(17)6-9/h1-6H,7,17H2. The minimum atomic E-state index is -1.24. The second kappa shape index (κ2) is 5.00. The summed E-state index contributed by atoms with van der Waals surface area (Å²) in [4.78, 5) is 0. The fourth-order valence-corrected chi connectivity index (χ4v) is 1.46. The average molecular weight is 253 g/mol. The number of hydrogen-bond donors (Lipinski definition) is 1. The molecule has 2 aromatic rings. The van der Waals surface area contributed by atoms with Crippen LogP contribution in [0, 0.1) is 17.5 Å². The Morgan fingerprint density at radius 3 is 2.44 bits per heavy atom. The number of nitrogen functional groups attached to an aromatic ring is 1. The summed E-state index contributed by atoms with van der Waals surface area (Å²) in [7, 11) is 0. The summed E-state index contributed by atoms with van der Waals surface area (Å²) in [6.07, 6.45) is 0. The summed E-state index contributed by atoms with van der Waals surface area (Å²) in [6, 6.07) is 7.98. The van der Waals surface area contributed by atoms with Crippen molar-refractivity contribution >= 4 is 5.69 Å². The van der Waals surface area contributed by atoms with Crippen molar-refractivity contribution in [1.29, 1.82) is 0 Å². The number of benzene rings is 2. The molecule has 0 unspecified atom stereocenters. The van der Waals surface area contributed by atoms with Crippen LogP contribution in [0.2, 0.25) is 0 Å². The van der Waals surface area contributed by atoms with Gasteiger partial charge in [0.15, 0.2) is 11.6 Å². The van der Waals surface area contributed by atoms with Crippen LogP contribution in [-0.2, 0) is 6.61 Å². The van der Waals surface area contributed by atoms with Gasteiger partial charge < -0.3 is 10.5 Å². The van der Waals surface area contributed by atoms with Crippen molar-refractivity contribution < 1.29 is 17.9 Å². The molecule has 18 heavy (non-hydrogen) atoms. The van der Waals surface area contributed by atoms with Crippen LogP contribution < -0.4 is 10.5 Å². The number of rotatable bonds is 3. The summed E-state index contributed by atoms with van der Waals surface area (Å²) < 4.78 is 44.7. The number of ether oxygens (including phenoxy) is 1. The lowest BCUT2D eigenvalue weighted by molar-refractivity contribution is 0.289. The van der Waals surface area contributed by atoms with Crippen molar-refractivity contribution in [2.24, 2.45) is 0 Å². The molecule has 0 spiro atoms. The van der Waals surface area contributed by atoms with Gasteiger partial charge in [-0.25, -0.2) is 13.2 Å². The Hall–Kier alpha value is -2.17. The molecule has 94 valence electrons. The molecule has 0 aromatic heterocycles. The summed E-state index contributed by atoms with van der Waals surface area (Å²) in [5.74, 6) is -2.84. The van der Waals surface area contributed by atoms with Gasteiger partial charge in [0, 0.05) is 11.8 Å². The molecule has 0 atom stereocenters. The zero-order chi connectivity index (χ0) is 13.1. The van der Waals surface area contributed by atoms with Gasteiger partial charge >= 0.3 is 0 Å². The molecule has 0 heterocycles. The maximum Gasteiger partial charge on any atom is 0.168 e. The number of nitrogens with two attached hydrogens (primary N) is 1. The Balaban J connectivity index is 2.18. The third kappa shape index (κ3) is 2.56. The molecule has 0 aliphatic rings. The highest BCUT2D eigenvalue weighted by molar-refractivity contribution is 5.43. The normalized spacial score (nSPS) is 10.4. The Morgan fingerprint density at radius 1 is 1.00 bits per heavy atom. The molecular formula is C13H10F3NO. The SMILES string of the molecule is Nc1cccc(OCc2c(F)ccc(F)c2F)c1. The lowest BCUT2D eigenvalue weighted by Gasteiger charge is -2.09. The Labute approximate surface area is 102 Å². The van der Waals surface area contributed by atoms with Gasteiger partial charge in [0.1, 0.15) is 18.2 Å². The molecule has 0 radical (unpaired) electrons. The molecule has 0 aliphatic heterocycles. The molecule has 2 nitrogen and oxygen atoms in total. The van der Waals surface area contributed by atoms with Crippen molar-refractivity contribution in [3.8, 4) is 5.75 Å². The first kappa shape index (κ1) is 12.3. The van der Waals surface area contributed by atoms with Crippen LogP contribution in [0.1, 0.15) is 5.56 Å². The summed E-state index contributed by atoms with van der Waals surface area (Å²) in [6.45, 7) is -0.404. The summed E-state index contributed by atoms with van der Waals surface area (Å²) in [5.41, 5.74) is 5.54. The zero-order valence-electron chi connectivity index (χ0n) is 9.29. The van der Waals surface area contributed by atoms with E-state index >= 15 is 0 Å². The van der Waals surface area contributed by atoms with Crippen LogP contribution in [0.3, 0.4) is 0 Å². The van der Waals surface area contributed by atoms with Crippen molar-refractivity contribution in [3.63, 3.8) is 0 Å². The molecule has 0 amide bonds. The molecule has 0 aliphatic carbocycles. The van der Waals surface area contributed by atoms with Gasteiger partial charge in [0.25, 0.3) is 0 Å². The molecule has 5 heteroatoms. The third-order valence-electron chi connectivity index (χ3n) is 2.38. The Kier molecular flexibility index (Phi) is 3.41. The fraction of sp³-hybridized carbons (Fsp3) is 0.0769. The van der Waals surface area contributed by atoms with Crippen LogP contribution >= 0.6 is 0 Å². The molecule has 2 rings (SSSR count). The predicted molar refractivity (Wildman–Crippen MR) is 61.5 cm³/mol. The van der Waals surface area contributed by atoms with Crippen LogP contribution in [0.5, 0.6) is 5.75 Å². The van der Waals surface area contributed by atoms with E-state index in [1.54, 1.807) is 18.2 Å². The van der Waals surface area contributed by atoms with Gasteiger partial charge in [0.2, 0.25) is 0 Å². The van der Waals surface area contributed by atoms with Crippen LogP contribution in [0.25, 0.3) is 0 Å². The lowest BCUT2D eigenvalue weighted by atomic mass is 10.2. The smallest absolute Gasteiger partial charge is 0.168 e. The van der Waals surface area contributed by atoms with E-state index in [9.17, 15) is 13.2 Å². The minimum absolute atomic E-state index is 0.359. The lowest BCUT2D eigenvalue weighted by Crippen LogP contribution is -2.04. The van der Waals surface area contributed by atoms with Crippen molar-refractivity contribution in [2.75, 3.05) is 5.73 Å². The zero-order valence-corrected chi connectivity index (χ0v) is 9.29. The molecule has 0 bridgehead atoms. The Morgan fingerprint density at radius 2 is 1.72 bits per heavy atom. The van der Waals surface area contributed by atoms with Crippen LogP contribution in [-0.4, -0.2) is 0 Å². The van der Waals surface area contributed by atoms with E-state index in [0.717, 1.165) is 12.1 Å². The molecule has 2 aromatic carbocycles. The number of halogens is 3. The first-order valence-corrected chi connectivity index (χ1v) is 5.18. The Bertz CT molecular complexity index is 572. The van der Waals surface area contributed by atoms with E-state index < -0.39 is 29.6 Å². The second-order valence-corrected chi connectivity index (χ2v) is 3.68. The van der Waals surface area contributed by atoms with E-state index in [0.29, 0.717) is 11.4 Å². The largest absolute Gasteiger partial charge is 0.489 e. The van der Waals surface area contributed by atoms with Gasteiger partial charge in [-0.1, -0.05) is 6.07 Å². The molecule has 2 N–H and O–H groups in total. The topological polar surface area (TPSA) is 35.2 Å². The minimum Gasteiger partial charge on any atom is -0.489 e. The third-order valence-corrected chi connectivity index (χ3v) is 2.38. The maximum atomic E-state index is 13.3. The van der Waals surface area contributed by atoms with Crippen LogP contribution in [0.4, 0.5) is 18.9 Å². The molecule has 0 saturated carbocycles. The summed E-state index contributed by atoms with van der Waals surface area (Å²) in [5, 5.41) is 0. The highest BCUT2D eigenvalue weighted by Crippen LogP contribution is 2.20. The quantitative estimate of drug-likeness (QED) is 0.673. The first-order valence-electron chi connectivity index (χ1n) is 5.18. The van der Waals surface area contributed by atoms with E-state index in [-0.39, 0.29) is 0 Å². The van der Waals surface area contributed by atoms with Gasteiger partial charge in [-0.15, -0.1) is 0 Å². The van der Waals surface area contributed by atoms with Gasteiger partial charge in [0.05, 0.1) is 5.56 Å². The number of anilines is 1. The summed E-state index contributed by atoms with van der Waals surface area (Å²) >= 11 is 0. The average Bonchev–Trinajstić information content (AvgIpc) is 2.34. The number of hydrogen-bond acceptors (Lipinski definition) is 2. The van der Waals surface area contributed by atoms with Gasteiger partial charge in [-0.05, 0) is 24.3 Å². The second-order valence-electron chi connectivity index (χ2n) is 3.68. The van der Waals surface area contributed by atoms with Crippen LogP contribution in [0.15, 0.2) is 36.4 Å². The fourth-order valence-electron chi connectivity index (χ4n) is 1.46. The van der Waals surface area contributed by atoms with Crippen molar-refractivity contribution in [2.45, 2.75) is 6.61 Å². The molecular weight excluding hydrogens is 243 g/mol. The van der Waals surface area contributed by atoms with Crippen molar-refractivity contribution in [3.05, 3.63) is 59.4 Å². The van der Waals surface area contributed by atoms with E-state index in [4.69, 9.17) is 10.5 Å². The monoisotopic (exact) mass is 253 g/mol.